The molecule has 0 spiro atoms. The maximum atomic E-state index is 13.5. The van der Waals surface area contributed by atoms with E-state index in [0.29, 0.717) is 5.56 Å². The van der Waals surface area contributed by atoms with E-state index in [1.54, 1.807) is 32.2 Å². The van der Waals surface area contributed by atoms with Crippen molar-refractivity contribution in [3.8, 4) is 0 Å². The van der Waals surface area contributed by atoms with Gasteiger partial charge < -0.3 is 35.3 Å². The number of hydrogen-bond donors (Lipinski definition) is 3. The quantitative estimate of drug-likeness (QED) is 0.389. The lowest BCUT2D eigenvalue weighted by molar-refractivity contribution is -0.222. The maximum Gasteiger partial charge on any atom is 0.253 e. The summed E-state index contributed by atoms with van der Waals surface area (Å²) < 4.78 is 24.5. The Bertz CT molecular complexity index is 1150. The Morgan fingerprint density at radius 2 is 1.82 bits per heavy atom. The summed E-state index contributed by atoms with van der Waals surface area (Å²) in [6.07, 6.45) is -0.0774. The van der Waals surface area contributed by atoms with E-state index in [4.69, 9.17) is 24.7 Å². The molecule has 11 heteroatoms. The minimum absolute atomic E-state index is 0.216. The van der Waals surface area contributed by atoms with E-state index in [2.05, 4.69) is 15.6 Å². The summed E-state index contributed by atoms with van der Waals surface area (Å²) in [6.45, 7) is 7.43. The molecule has 4 rings (SSSR count). The second-order valence-corrected chi connectivity index (χ2v) is 10.6. The Labute approximate surface area is 227 Å². The van der Waals surface area contributed by atoms with Crippen LogP contribution in [-0.4, -0.2) is 65.2 Å². The first-order valence-electron chi connectivity index (χ1n) is 13.0. The minimum atomic E-state index is -0.899. The van der Waals surface area contributed by atoms with Crippen LogP contribution < -0.4 is 16.4 Å². The predicted molar refractivity (Wildman–Crippen MR) is 140 cm³/mol. The average molecular weight is 541 g/mol. The Morgan fingerprint density at radius 3 is 2.46 bits per heavy atom. The van der Waals surface area contributed by atoms with Crippen molar-refractivity contribution in [1.82, 2.24) is 15.6 Å². The maximum absolute atomic E-state index is 13.5. The highest BCUT2D eigenvalue weighted by atomic mass is 16.8. The number of nitrogens with zero attached hydrogens (tertiary/aromatic N) is 1. The first kappa shape index (κ1) is 28.6. The van der Waals surface area contributed by atoms with Gasteiger partial charge in [-0.25, -0.2) is 0 Å². The van der Waals surface area contributed by atoms with Gasteiger partial charge in [0.25, 0.3) is 5.91 Å². The van der Waals surface area contributed by atoms with Crippen molar-refractivity contribution < 1.29 is 33.3 Å². The van der Waals surface area contributed by atoms with Crippen molar-refractivity contribution in [3.63, 3.8) is 0 Å². The fourth-order valence-corrected chi connectivity index (χ4v) is 4.78. The van der Waals surface area contributed by atoms with E-state index in [1.807, 2.05) is 44.2 Å². The number of hydrogen-bond acceptors (Lipinski definition) is 8. The molecular weight excluding hydrogens is 504 g/mol. The van der Waals surface area contributed by atoms with Crippen LogP contribution in [-0.2, 0) is 35.1 Å². The molecule has 3 heterocycles. The van der Waals surface area contributed by atoms with Crippen LogP contribution in [0.4, 0.5) is 0 Å². The van der Waals surface area contributed by atoms with Crippen molar-refractivity contribution in [2.75, 3.05) is 0 Å². The predicted octanol–water partition coefficient (Wildman–Crippen LogP) is 1.66. The molecular formula is C28H36N4O7. The largest absolute Gasteiger partial charge is 0.370 e. The van der Waals surface area contributed by atoms with Crippen LogP contribution >= 0.6 is 0 Å². The smallest absolute Gasteiger partial charge is 0.253 e. The van der Waals surface area contributed by atoms with Crippen LogP contribution in [0.1, 0.15) is 50.0 Å². The zero-order valence-electron chi connectivity index (χ0n) is 22.5. The van der Waals surface area contributed by atoms with Crippen LogP contribution in [0.3, 0.4) is 0 Å². The SMILES string of the molecule is CC(C)[C@H](NC(=O)c1cccnc1)C(=O)N[C@H](CC(N)=O)[C@H]1O[C@@H]2OC(C)(C)O[C@@H]2[C@H]1OCc1ccccc1. The average Bonchev–Trinajstić information content (AvgIpc) is 3.37. The summed E-state index contributed by atoms with van der Waals surface area (Å²) in [6, 6.07) is 11.1. The van der Waals surface area contributed by atoms with Crippen LogP contribution in [0.25, 0.3) is 0 Å². The number of benzene rings is 1. The number of ether oxygens (including phenoxy) is 4. The highest BCUT2D eigenvalue weighted by Crippen LogP contribution is 2.40. The molecule has 4 N–H and O–H groups in total. The van der Waals surface area contributed by atoms with E-state index in [0.717, 1.165) is 5.56 Å². The third kappa shape index (κ3) is 7.18. The molecule has 0 bridgehead atoms. The van der Waals surface area contributed by atoms with Crippen molar-refractivity contribution >= 4 is 17.7 Å². The number of pyridine rings is 1. The Hall–Kier alpha value is -3.38. The molecule has 6 atom stereocenters. The highest BCUT2D eigenvalue weighted by molar-refractivity contribution is 5.97. The molecule has 2 aliphatic heterocycles. The van der Waals surface area contributed by atoms with E-state index in [1.165, 1.54) is 6.20 Å². The number of fused-ring (bicyclic) bond motifs is 1. The molecule has 210 valence electrons. The van der Waals surface area contributed by atoms with Crippen molar-refractivity contribution in [1.29, 1.82) is 0 Å². The zero-order chi connectivity index (χ0) is 28.2. The number of amides is 3. The van der Waals surface area contributed by atoms with Gasteiger partial charge in [0.15, 0.2) is 12.1 Å². The number of primary amides is 1. The fourth-order valence-electron chi connectivity index (χ4n) is 4.78. The topological polar surface area (TPSA) is 151 Å². The minimum Gasteiger partial charge on any atom is -0.370 e. The lowest BCUT2D eigenvalue weighted by Crippen LogP contribution is -2.57. The van der Waals surface area contributed by atoms with E-state index in [-0.39, 0.29) is 18.9 Å². The summed E-state index contributed by atoms with van der Waals surface area (Å²) in [5.74, 6) is -2.72. The first-order valence-corrected chi connectivity index (χ1v) is 13.0. The van der Waals surface area contributed by atoms with Crippen LogP contribution in [0.2, 0.25) is 0 Å². The molecule has 0 unspecified atom stereocenters. The molecule has 2 fully saturated rings. The van der Waals surface area contributed by atoms with Gasteiger partial charge in [-0.3, -0.25) is 19.4 Å². The third-order valence-corrected chi connectivity index (χ3v) is 6.62. The van der Waals surface area contributed by atoms with Gasteiger partial charge in [0.05, 0.1) is 18.2 Å². The van der Waals surface area contributed by atoms with Gasteiger partial charge in [0.1, 0.15) is 24.4 Å². The Kier molecular flexibility index (Phi) is 8.96. The molecule has 39 heavy (non-hydrogen) atoms. The molecule has 1 aromatic heterocycles. The molecule has 2 saturated heterocycles. The summed E-state index contributed by atoms with van der Waals surface area (Å²) >= 11 is 0. The number of nitrogens with one attached hydrogen (secondary N) is 2. The summed E-state index contributed by atoms with van der Waals surface area (Å²) in [5.41, 5.74) is 6.83. The standard InChI is InChI=1S/C28H36N4O7/c1-16(2)21(32-25(34)18-11-8-12-30-14-18)26(35)31-19(13-20(29)33)22-23(36-15-17-9-6-5-7-10-17)24-27(37-22)39-28(3,4)38-24/h5-12,14,16,19,21-24,27H,13,15H2,1-4H3,(H2,29,33)(H,31,35)(H,32,34)/t19-,21+,22-,23+,24-,27-/m1/s1. The first-order chi connectivity index (χ1) is 18.5. The summed E-state index contributed by atoms with van der Waals surface area (Å²) in [5, 5.41) is 5.64. The van der Waals surface area contributed by atoms with Crippen LogP contribution in [0.5, 0.6) is 0 Å². The molecule has 3 amide bonds. The van der Waals surface area contributed by atoms with E-state index >= 15 is 0 Å². The second kappa shape index (κ2) is 12.2. The van der Waals surface area contributed by atoms with Crippen molar-refractivity contribution in [3.05, 3.63) is 66.0 Å². The van der Waals surface area contributed by atoms with E-state index in [9.17, 15) is 14.4 Å². The molecule has 2 aliphatic rings. The number of rotatable bonds is 11. The number of nitrogens with two attached hydrogens (primary N) is 1. The molecule has 11 nitrogen and oxygen atoms in total. The van der Waals surface area contributed by atoms with Gasteiger partial charge in [0, 0.05) is 18.8 Å². The Balaban J connectivity index is 1.53. The molecule has 2 aromatic rings. The molecule has 1 aromatic carbocycles. The summed E-state index contributed by atoms with van der Waals surface area (Å²) in [7, 11) is 0. The van der Waals surface area contributed by atoms with Crippen molar-refractivity contribution in [2.45, 2.75) is 83.2 Å². The van der Waals surface area contributed by atoms with E-state index < -0.39 is 60.2 Å². The zero-order valence-corrected chi connectivity index (χ0v) is 22.5. The van der Waals surface area contributed by atoms with Gasteiger partial charge in [-0.1, -0.05) is 44.2 Å². The monoisotopic (exact) mass is 540 g/mol. The normalized spacial score (nSPS) is 25.1. The number of carbonyl (C=O) groups excluding carboxylic acids is 3. The van der Waals surface area contributed by atoms with Crippen molar-refractivity contribution in [2.24, 2.45) is 11.7 Å². The van der Waals surface area contributed by atoms with Gasteiger partial charge in [-0.2, -0.15) is 0 Å². The Morgan fingerprint density at radius 1 is 1.08 bits per heavy atom. The lowest BCUT2D eigenvalue weighted by atomic mass is 9.97. The number of carbonyl (C=O) groups is 3. The molecule has 0 saturated carbocycles. The third-order valence-electron chi connectivity index (χ3n) is 6.62. The van der Waals surface area contributed by atoms with Gasteiger partial charge in [0.2, 0.25) is 11.8 Å². The highest BCUT2D eigenvalue weighted by Gasteiger charge is 2.57. The molecule has 0 aliphatic carbocycles. The lowest BCUT2D eigenvalue weighted by Gasteiger charge is -2.32. The molecule has 0 radical (unpaired) electrons. The summed E-state index contributed by atoms with van der Waals surface area (Å²) in [4.78, 5) is 42.3. The second-order valence-electron chi connectivity index (χ2n) is 10.6. The van der Waals surface area contributed by atoms with Gasteiger partial charge in [-0.15, -0.1) is 0 Å². The fraction of sp³-hybridized carbons (Fsp3) is 0.500. The van der Waals surface area contributed by atoms with Gasteiger partial charge >= 0.3 is 0 Å². The van der Waals surface area contributed by atoms with Crippen LogP contribution in [0, 0.1) is 5.92 Å². The number of aromatic nitrogens is 1. The van der Waals surface area contributed by atoms with Gasteiger partial charge in [-0.05, 0) is 37.5 Å². The van der Waals surface area contributed by atoms with Crippen LogP contribution in [0.15, 0.2) is 54.9 Å².